The van der Waals surface area contributed by atoms with Gasteiger partial charge in [-0.15, -0.1) is 10.2 Å². The molecule has 10 heteroatoms. The smallest absolute Gasteiger partial charge is 0.311 e. The molecule has 3 rings (SSSR count). The van der Waals surface area contributed by atoms with Gasteiger partial charge in [-0.2, -0.15) is 0 Å². The zero-order valence-corrected chi connectivity index (χ0v) is 15.7. The largest absolute Gasteiger partial charge is 0.464 e. The van der Waals surface area contributed by atoms with E-state index in [2.05, 4.69) is 15.5 Å². The fourth-order valence-electron chi connectivity index (χ4n) is 1.97. The van der Waals surface area contributed by atoms with Gasteiger partial charge in [0, 0.05) is 18.4 Å². The molecular formula is C16H17N3O5S2. The first kappa shape index (κ1) is 18.6. The highest BCUT2D eigenvalue weighted by molar-refractivity contribution is 8.00. The van der Waals surface area contributed by atoms with Crippen molar-refractivity contribution in [2.75, 3.05) is 5.32 Å². The Kier molecular flexibility index (Phi) is 6.04. The summed E-state index contributed by atoms with van der Waals surface area (Å²) in [6.07, 6.45) is 3.88. The number of nitrogens with one attached hydrogen (secondary N) is 1. The van der Waals surface area contributed by atoms with Crippen LogP contribution >= 0.6 is 23.1 Å². The summed E-state index contributed by atoms with van der Waals surface area (Å²) in [5.41, 5.74) is -0.411. The van der Waals surface area contributed by atoms with Crippen LogP contribution in [0.3, 0.4) is 0 Å². The van der Waals surface area contributed by atoms with Crippen molar-refractivity contribution in [2.24, 2.45) is 5.92 Å². The normalized spacial score (nSPS) is 13.4. The second-order valence-corrected chi connectivity index (χ2v) is 7.92. The molecule has 0 aliphatic heterocycles. The van der Waals surface area contributed by atoms with Crippen LogP contribution in [0, 0.1) is 5.92 Å². The molecule has 2 aromatic rings. The van der Waals surface area contributed by atoms with E-state index in [4.69, 9.17) is 9.15 Å². The minimum atomic E-state index is -0.462. The van der Waals surface area contributed by atoms with Crippen LogP contribution in [0.1, 0.15) is 38.4 Å². The Balaban J connectivity index is 1.53. The van der Waals surface area contributed by atoms with E-state index in [0.29, 0.717) is 27.4 Å². The third-order valence-corrected chi connectivity index (χ3v) is 5.45. The summed E-state index contributed by atoms with van der Waals surface area (Å²) in [5.74, 6) is 0.304. The summed E-state index contributed by atoms with van der Waals surface area (Å²) in [5, 5.41) is 11.1. The first-order chi connectivity index (χ1) is 12.5. The van der Waals surface area contributed by atoms with Crippen molar-refractivity contribution in [1.29, 1.82) is 0 Å². The number of ether oxygens (including phenoxy) is 1. The zero-order chi connectivity index (χ0) is 18.5. The zero-order valence-electron chi connectivity index (χ0n) is 14.0. The van der Waals surface area contributed by atoms with Crippen LogP contribution in [0.4, 0.5) is 5.13 Å². The Bertz CT molecular complexity index is 860. The highest BCUT2D eigenvalue weighted by atomic mass is 32.2. The lowest BCUT2D eigenvalue weighted by Crippen LogP contribution is -2.13. The van der Waals surface area contributed by atoms with Crippen molar-refractivity contribution in [1.82, 2.24) is 10.2 Å². The molecule has 1 amide bonds. The van der Waals surface area contributed by atoms with Crippen LogP contribution in [0.5, 0.6) is 5.75 Å². The number of anilines is 1. The second-order valence-electron chi connectivity index (χ2n) is 5.72. The van der Waals surface area contributed by atoms with E-state index in [1.54, 1.807) is 0 Å². The number of hydrogen-bond donors (Lipinski definition) is 1. The molecule has 2 aromatic heterocycles. The summed E-state index contributed by atoms with van der Waals surface area (Å²) >= 11 is 2.60. The Morgan fingerprint density at radius 1 is 1.42 bits per heavy atom. The number of amides is 1. The number of aromatic nitrogens is 2. The summed E-state index contributed by atoms with van der Waals surface area (Å²) < 4.78 is 10.9. The molecule has 0 atom stereocenters. The van der Waals surface area contributed by atoms with Crippen molar-refractivity contribution < 1.29 is 18.7 Å². The van der Waals surface area contributed by atoms with Gasteiger partial charge in [-0.05, 0) is 19.3 Å². The molecule has 0 spiro atoms. The van der Waals surface area contributed by atoms with E-state index in [-0.39, 0.29) is 24.0 Å². The van der Waals surface area contributed by atoms with Crippen molar-refractivity contribution >= 4 is 40.1 Å². The van der Waals surface area contributed by atoms with Crippen LogP contribution < -0.4 is 15.5 Å². The molecule has 1 aliphatic carbocycles. The van der Waals surface area contributed by atoms with E-state index in [9.17, 15) is 14.4 Å². The number of esters is 1. The van der Waals surface area contributed by atoms with Gasteiger partial charge < -0.3 is 14.5 Å². The number of carbonyl (C=O) groups is 2. The Morgan fingerprint density at radius 2 is 2.23 bits per heavy atom. The van der Waals surface area contributed by atoms with E-state index < -0.39 is 11.4 Å². The van der Waals surface area contributed by atoms with Gasteiger partial charge in [0.05, 0.1) is 5.75 Å². The third-order valence-electron chi connectivity index (χ3n) is 3.45. The molecule has 1 N–H and O–H groups in total. The molecular weight excluding hydrogens is 378 g/mol. The van der Waals surface area contributed by atoms with Gasteiger partial charge in [0.1, 0.15) is 12.0 Å². The first-order valence-corrected chi connectivity index (χ1v) is 9.95. The minimum Gasteiger partial charge on any atom is -0.464 e. The third kappa shape index (κ3) is 5.15. The SMILES string of the molecule is CCCC(=O)Oc1coc(CSc2nnc(NC(=O)C3CC3)s2)cc1=O. The van der Waals surface area contributed by atoms with Gasteiger partial charge in [-0.25, -0.2) is 0 Å². The molecule has 26 heavy (non-hydrogen) atoms. The topological polar surface area (TPSA) is 111 Å². The molecule has 8 nitrogen and oxygen atoms in total. The molecule has 0 bridgehead atoms. The standard InChI is InChI=1S/C16H17N3O5S2/c1-2-3-13(21)24-12-7-23-10(6-11(12)20)8-25-16-19-18-15(26-16)17-14(22)9-4-5-9/h6-7,9H,2-5,8H2,1H3,(H,17,18,22). The molecule has 0 radical (unpaired) electrons. The first-order valence-electron chi connectivity index (χ1n) is 8.14. The van der Waals surface area contributed by atoms with Crippen molar-refractivity contribution in [3.63, 3.8) is 0 Å². The van der Waals surface area contributed by atoms with Crippen molar-refractivity contribution in [3.05, 3.63) is 28.3 Å². The summed E-state index contributed by atoms with van der Waals surface area (Å²) in [6, 6.07) is 1.29. The Hall–Kier alpha value is -2.20. The molecule has 0 aromatic carbocycles. The number of carbonyl (C=O) groups excluding carboxylic acids is 2. The number of hydrogen-bond acceptors (Lipinski definition) is 9. The average molecular weight is 395 g/mol. The minimum absolute atomic E-state index is 0.0168. The fourth-order valence-corrected chi connectivity index (χ4v) is 3.62. The van der Waals surface area contributed by atoms with Crippen LogP contribution in [-0.4, -0.2) is 22.1 Å². The van der Waals surface area contributed by atoms with Gasteiger partial charge >= 0.3 is 5.97 Å². The second kappa shape index (κ2) is 8.45. The number of rotatable bonds is 8. The monoisotopic (exact) mass is 395 g/mol. The van der Waals surface area contributed by atoms with Crippen molar-refractivity contribution in [2.45, 2.75) is 42.7 Å². The molecule has 0 unspecified atom stereocenters. The van der Waals surface area contributed by atoms with Gasteiger partial charge in [-0.3, -0.25) is 14.4 Å². The maximum Gasteiger partial charge on any atom is 0.311 e. The summed E-state index contributed by atoms with van der Waals surface area (Å²) in [7, 11) is 0. The van der Waals surface area contributed by atoms with Gasteiger partial charge in [0.15, 0.2) is 4.34 Å². The molecule has 2 heterocycles. The van der Waals surface area contributed by atoms with Crippen LogP contribution in [0.15, 0.2) is 25.9 Å². The predicted octanol–water partition coefficient (Wildman–Crippen LogP) is 2.84. The van der Waals surface area contributed by atoms with E-state index in [0.717, 1.165) is 19.1 Å². The van der Waals surface area contributed by atoms with Crippen LogP contribution in [0.2, 0.25) is 0 Å². The maximum atomic E-state index is 12.0. The molecule has 0 saturated heterocycles. The van der Waals surface area contributed by atoms with E-state index in [1.807, 2.05) is 6.92 Å². The van der Waals surface area contributed by atoms with Gasteiger partial charge in [-0.1, -0.05) is 30.0 Å². The molecule has 1 aliphatic rings. The van der Waals surface area contributed by atoms with Crippen LogP contribution in [0.25, 0.3) is 0 Å². The lowest BCUT2D eigenvalue weighted by atomic mass is 10.3. The predicted molar refractivity (Wildman–Crippen MR) is 96.3 cm³/mol. The molecule has 1 saturated carbocycles. The van der Waals surface area contributed by atoms with E-state index in [1.165, 1.54) is 29.2 Å². The van der Waals surface area contributed by atoms with E-state index >= 15 is 0 Å². The number of thioether (sulfide) groups is 1. The number of nitrogens with zero attached hydrogens (tertiary/aromatic N) is 2. The fraction of sp³-hybridized carbons (Fsp3) is 0.438. The lowest BCUT2D eigenvalue weighted by molar-refractivity contribution is -0.134. The van der Waals surface area contributed by atoms with Crippen molar-refractivity contribution in [3.8, 4) is 5.75 Å². The Morgan fingerprint density at radius 3 is 2.92 bits per heavy atom. The highest BCUT2D eigenvalue weighted by Crippen LogP contribution is 2.32. The lowest BCUT2D eigenvalue weighted by Gasteiger charge is -2.03. The molecule has 138 valence electrons. The highest BCUT2D eigenvalue weighted by Gasteiger charge is 2.30. The Labute approximate surface area is 157 Å². The summed E-state index contributed by atoms with van der Waals surface area (Å²) in [6.45, 7) is 1.85. The maximum absolute atomic E-state index is 12.0. The summed E-state index contributed by atoms with van der Waals surface area (Å²) in [4.78, 5) is 35.1. The van der Waals surface area contributed by atoms with Gasteiger partial charge in [0.2, 0.25) is 22.2 Å². The average Bonchev–Trinajstić information content (AvgIpc) is 3.37. The van der Waals surface area contributed by atoms with Crippen LogP contribution in [-0.2, 0) is 15.3 Å². The quantitative estimate of drug-likeness (QED) is 0.413. The van der Waals surface area contributed by atoms with Gasteiger partial charge in [0.25, 0.3) is 0 Å². The molecule has 1 fully saturated rings.